The van der Waals surface area contributed by atoms with Crippen molar-refractivity contribution in [3.63, 3.8) is 0 Å². The number of allylic oxidation sites excluding steroid dienone is 1. The van der Waals surface area contributed by atoms with E-state index in [0.29, 0.717) is 25.4 Å². The zero-order valence-electron chi connectivity index (χ0n) is 20.6. The zero-order chi connectivity index (χ0) is 24.8. The number of rotatable bonds is 17. The Morgan fingerprint density at radius 3 is 2.44 bits per heavy atom. The minimum Gasteiger partial charge on any atom is -0.394 e. The molecule has 0 saturated heterocycles. The molecule has 0 bridgehead atoms. The lowest BCUT2D eigenvalue weighted by Crippen LogP contribution is -2.33. The van der Waals surface area contributed by atoms with Crippen LogP contribution < -0.4 is 5.73 Å². The second-order valence-corrected chi connectivity index (χ2v) is 11.1. The first-order valence-corrected chi connectivity index (χ1v) is 12.6. The molecule has 0 aromatic rings. The molecule has 0 saturated carbocycles. The molecule has 0 amide bonds. The van der Waals surface area contributed by atoms with Gasteiger partial charge in [0.2, 0.25) is 0 Å². The number of nitrogens with zero attached hydrogens (tertiary/aromatic N) is 2. The molecule has 9 nitrogen and oxygen atoms in total. The number of nitrogens with two attached hydrogens (primary N) is 1. The number of aliphatic hydroxyl groups excluding tert-OH is 1. The topological polar surface area (TPSA) is 127 Å². The normalized spacial score (nSPS) is 16.2. The van der Waals surface area contributed by atoms with Crippen LogP contribution in [0, 0.1) is 5.41 Å². The van der Waals surface area contributed by atoms with E-state index in [2.05, 4.69) is 32.5 Å². The van der Waals surface area contributed by atoms with E-state index >= 15 is 0 Å². The van der Waals surface area contributed by atoms with Crippen LogP contribution in [0.3, 0.4) is 0 Å². The fraction of sp³-hybridized carbons (Fsp3) is 0.773. The van der Waals surface area contributed by atoms with Crippen LogP contribution in [0.25, 0.3) is 0 Å². The molecular formula is C22H44N3O6P. The van der Waals surface area contributed by atoms with E-state index in [1.165, 1.54) is 0 Å². The van der Waals surface area contributed by atoms with Crippen molar-refractivity contribution in [2.45, 2.75) is 66.1 Å². The maximum atomic E-state index is 12.3. The Labute approximate surface area is 193 Å². The molecule has 4 N–H and O–H groups in total. The van der Waals surface area contributed by atoms with Crippen LogP contribution in [-0.4, -0.2) is 72.6 Å². The molecule has 0 aromatic heterocycles. The number of aliphatic hydroxyl groups is 1. The molecule has 0 radical (unpaired) electrons. The summed E-state index contributed by atoms with van der Waals surface area (Å²) in [5, 5.41) is 9.63. The first-order chi connectivity index (χ1) is 14.8. The largest absolute Gasteiger partial charge is 0.394 e. The van der Waals surface area contributed by atoms with Crippen molar-refractivity contribution in [3.05, 3.63) is 24.2 Å². The van der Waals surface area contributed by atoms with Gasteiger partial charge in [-0.2, -0.15) is 0 Å². The van der Waals surface area contributed by atoms with Crippen molar-refractivity contribution in [1.29, 1.82) is 0 Å². The molecule has 188 valence electrons. The highest BCUT2D eigenvalue weighted by molar-refractivity contribution is 7.52. The third-order valence-corrected chi connectivity index (χ3v) is 5.31. The molecule has 0 fully saturated rings. The highest BCUT2D eigenvalue weighted by atomic mass is 31.2. The van der Waals surface area contributed by atoms with E-state index in [4.69, 9.17) is 19.7 Å². The van der Waals surface area contributed by atoms with Crippen molar-refractivity contribution < 1.29 is 28.6 Å². The van der Waals surface area contributed by atoms with Gasteiger partial charge in [0.05, 0.1) is 31.5 Å². The van der Waals surface area contributed by atoms with E-state index in [1.807, 2.05) is 13.8 Å². The Hall–Kier alpha value is -1.06. The minimum atomic E-state index is -3.97. The van der Waals surface area contributed by atoms with Crippen LogP contribution in [0.2, 0.25) is 0 Å². The van der Waals surface area contributed by atoms with Gasteiger partial charge in [-0.05, 0) is 51.8 Å². The Bertz CT molecular complexity index is 646. The lowest BCUT2D eigenvalue weighted by molar-refractivity contribution is -0.0468. The fourth-order valence-electron chi connectivity index (χ4n) is 3.33. The van der Waals surface area contributed by atoms with Crippen LogP contribution >= 0.6 is 7.60 Å². The van der Waals surface area contributed by atoms with Gasteiger partial charge >= 0.3 is 7.60 Å². The predicted molar refractivity (Wildman–Crippen MR) is 130 cm³/mol. The summed E-state index contributed by atoms with van der Waals surface area (Å²) in [7, 11) is -3.97. The summed E-state index contributed by atoms with van der Waals surface area (Å²) in [5.41, 5.74) is 5.36. The molecule has 32 heavy (non-hydrogen) atoms. The monoisotopic (exact) mass is 477 g/mol. The summed E-state index contributed by atoms with van der Waals surface area (Å²) in [6.07, 6.45) is 5.27. The molecule has 0 spiro atoms. The van der Waals surface area contributed by atoms with Crippen LogP contribution in [-0.2, 0) is 18.6 Å². The number of hydrogen-bond donors (Lipinski definition) is 3. The molecule has 2 unspecified atom stereocenters. The second kappa shape index (κ2) is 15.0. The van der Waals surface area contributed by atoms with Crippen molar-refractivity contribution in [3.8, 4) is 0 Å². The van der Waals surface area contributed by atoms with Gasteiger partial charge in [-0.25, -0.2) is 4.99 Å². The quantitative estimate of drug-likeness (QED) is 0.165. The summed E-state index contributed by atoms with van der Waals surface area (Å²) < 4.78 is 28.8. The average molecular weight is 478 g/mol. The summed E-state index contributed by atoms with van der Waals surface area (Å²) in [5.74, 6) is 0.551. The van der Waals surface area contributed by atoms with Crippen molar-refractivity contribution >= 4 is 14.3 Å². The Kier molecular flexibility index (Phi) is 14.5. The third-order valence-electron chi connectivity index (χ3n) is 4.24. The maximum absolute atomic E-state index is 12.3. The molecule has 0 heterocycles. The van der Waals surface area contributed by atoms with Crippen molar-refractivity contribution in [2.75, 3.05) is 39.3 Å². The Morgan fingerprint density at radius 2 is 1.94 bits per heavy atom. The van der Waals surface area contributed by atoms with Gasteiger partial charge in [-0.1, -0.05) is 26.8 Å². The molecule has 0 aromatic carbocycles. The Balaban J connectivity index is 4.56. The highest BCUT2D eigenvalue weighted by Gasteiger charge is 2.27. The lowest BCUT2D eigenvalue weighted by Gasteiger charge is -2.32. The van der Waals surface area contributed by atoms with Gasteiger partial charge < -0.3 is 34.6 Å². The average Bonchev–Trinajstić information content (AvgIpc) is 2.67. The van der Waals surface area contributed by atoms with E-state index in [-0.39, 0.29) is 30.8 Å². The van der Waals surface area contributed by atoms with Gasteiger partial charge in [0.15, 0.2) is 0 Å². The minimum absolute atomic E-state index is 0.0704. The number of hydrogen-bond acceptors (Lipinski definition) is 8. The SMILES string of the molecule is C=N/C(=C\C)N(/C=C\CN)CC(CO)OCP(=O)(O)OCCCOC(C)(C)CC(C)(C)C. The van der Waals surface area contributed by atoms with Gasteiger partial charge in [0.25, 0.3) is 0 Å². The van der Waals surface area contributed by atoms with Crippen LogP contribution in [0.1, 0.15) is 54.4 Å². The van der Waals surface area contributed by atoms with Gasteiger partial charge in [-0.15, -0.1) is 0 Å². The number of ether oxygens (including phenoxy) is 2. The predicted octanol–water partition coefficient (Wildman–Crippen LogP) is 3.48. The smallest absolute Gasteiger partial charge is 0.353 e. The third kappa shape index (κ3) is 14.9. The summed E-state index contributed by atoms with van der Waals surface area (Å²) >= 11 is 0. The molecular weight excluding hydrogens is 433 g/mol. The second-order valence-electron chi connectivity index (χ2n) is 9.35. The Morgan fingerprint density at radius 1 is 1.28 bits per heavy atom. The summed E-state index contributed by atoms with van der Waals surface area (Å²) in [6.45, 7) is 16.5. The molecule has 10 heteroatoms. The van der Waals surface area contributed by atoms with Gasteiger partial charge in [-0.3, -0.25) is 4.57 Å². The highest BCUT2D eigenvalue weighted by Crippen LogP contribution is 2.42. The van der Waals surface area contributed by atoms with Gasteiger partial charge in [0, 0.05) is 19.4 Å². The molecule has 0 rings (SSSR count). The fourth-order valence-corrected chi connectivity index (χ4v) is 4.22. The zero-order valence-corrected chi connectivity index (χ0v) is 21.5. The molecule has 2 atom stereocenters. The van der Waals surface area contributed by atoms with Crippen LogP contribution in [0.15, 0.2) is 29.2 Å². The van der Waals surface area contributed by atoms with Crippen LogP contribution in [0.4, 0.5) is 0 Å². The molecule has 0 aliphatic carbocycles. The van der Waals surface area contributed by atoms with E-state index in [1.54, 1.807) is 30.2 Å². The summed E-state index contributed by atoms with van der Waals surface area (Å²) in [6, 6.07) is 0. The van der Waals surface area contributed by atoms with E-state index in [0.717, 1.165) is 6.42 Å². The van der Waals surface area contributed by atoms with Crippen LogP contribution in [0.5, 0.6) is 0 Å². The number of aliphatic imine (C=N–C) groups is 1. The lowest BCUT2D eigenvalue weighted by atomic mass is 9.84. The maximum Gasteiger partial charge on any atom is 0.353 e. The summed E-state index contributed by atoms with van der Waals surface area (Å²) in [4.78, 5) is 15.7. The standard InChI is InChI=1S/C22H44N3O6P/c1-8-20(24-7)25(12-9-11-23)15-19(16-26)29-18-32(27,28)31-14-10-13-30-22(5,6)17-21(2,3)4/h8-9,12,19,26H,7,10-11,13-18,23H2,1-6H3,(H,27,28)/b12-9-,20-8+. The van der Waals surface area contributed by atoms with E-state index in [9.17, 15) is 14.6 Å². The first kappa shape index (κ1) is 30.9. The molecule has 0 aliphatic heterocycles. The first-order valence-electron chi connectivity index (χ1n) is 10.9. The van der Waals surface area contributed by atoms with E-state index < -0.39 is 20.0 Å². The molecule has 0 aliphatic rings. The van der Waals surface area contributed by atoms with Crippen molar-refractivity contribution in [1.82, 2.24) is 4.90 Å². The van der Waals surface area contributed by atoms with Gasteiger partial charge in [0.1, 0.15) is 12.2 Å². The van der Waals surface area contributed by atoms with Crippen molar-refractivity contribution in [2.24, 2.45) is 16.1 Å².